The topological polar surface area (TPSA) is 140 Å². The van der Waals surface area contributed by atoms with Crippen LogP contribution in [0.15, 0.2) is 35.0 Å². The SMILES string of the molecule is [B]C([B])([B])NC(=O)c1cnc(NC(=O)CC)cc1Nc1cccc(-c2noc(COC)n2)c1OC. The lowest BCUT2D eigenvalue weighted by atomic mass is 9.49. The van der Waals surface area contributed by atoms with Gasteiger partial charge in [0.25, 0.3) is 11.8 Å². The second kappa shape index (κ2) is 11.1. The third kappa shape index (κ3) is 6.63. The third-order valence-electron chi connectivity index (χ3n) is 4.53. The van der Waals surface area contributed by atoms with Gasteiger partial charge in [0.1, 0.15) is 12.4 Å². The molecule has 0 saturated carbocycles. The molecule has 0 aliphatic heterocycles. The molecule has 11 nitrogen and oxygen atoms in total. The molecular weight excluding hydrogens is 449 g/mol. The smallest absolute Gasteiger partial charge is 0.253 e. The fourth-order valence-electron chi connectivity index (χ4n) is 3.03. The summed E-state index contributed by atoms with van der Waals surface area (Å²) in [5.74, 6) is 0.201. The van der Waals surface area contributed by atoms with Crippen LogP contribution in [-0.4, -0.2) is 69.9 Å². The number of benzene rings is 1. The maximum absolute atomic E-state index is 12.8. The minimum absolute atomic E-state index is 0.0552. The van der Waals surface area contributed by atoms with Crippen LogP contribution in [0.5, 0.6) is 5.75 Å². The molecule has 14 heteroatoms. The Balaban J connectivity index is 2.04. The molecule has 0 bridgehead atoms. The van der Waals surface area contributed by atoms with E-state index in [2.05, 4.69) is 31.1 Å². The van der Waals surface area contributed by atoms with Crippen LogP contribution in [0.4, 0.5) is 17.2 Å². The van der Waals surface area contributed by atoms with Gasteiger partial charge in [-0.25, -0.2) is 4.98 Å². The number of nitrogens with zero attached hydrogens (tertiary/aromatic N) is 3. The van der Waals surface area contributed by atoms with Gasteiger partial charge in [0.05, 0.1) is 53.2 Å². The number of rotatable bonds is 10. The second-order valence-corrected chi connectivity index (χ2v) is 7.36. The molecule has 35 heavy (non-hydrogen) atoms. The van der Waals surface area contributed by atoms with E-state index < -0.39 is 11.1 Å². The molecule has 0 unspecified atom stereocenters. The minimum Gasteiger partial charge on any atom is -0.494 e. The molecule has 1 aromatic carbocycles. The molecule has 3 N–H and O–H groups in total. The molecule has 2 amide bonds. The summed E-state index contributed by atoms with van der Waals surface area (Å²) >= 11 is 0. The maximum Gasteiger partial charge on any atom is 0.253 e. The quantitative estimate of drug-likeness (QED) is 0.374. The molecule has 6 radical (unpaired) electrons. The summed E-state index contributed by atoms with van der Waals surface area (Å²) in [6.07, 6.45) is 1.50. The van der Waals surface area contributed by atoms with Crippen molar-refractivity contribution in [2.75, 3.05) is 24.9 Å². The number of ether oxygens (including phenoxy) is 2. The van der Waals surface area contributed by atoms with Gasteiger partial charge in [-0.3, -0.25) is 9.59 Å². The zero-order chi connectivity index (χ0) is 25.6. The summed E-state index contributed by atoms with van der Waals surface area (Å²) in [5, 5.41) is 10.0. The number of carbonyl (C=O) groups is 2. The first-order valence-electron chi connectivity index (χ1n) is 10.4. The number of para-hydroxylation sites is 1. The molecule has 174 valence electrons. The van der Waals surface area contributed by atoms with E-state index in [0.717, 1.165) is 0 Å². The highest BCUT2D eigenvalue weighted by Gasteiger charge is 2.21. The first kappa shape index (κ1) is 25.8. The van der Waals surface area contributed by atoms with Gasteiger partial charge in [-0.15, -0.1) is 0 Å². The Morgan fingerprint density at radius 3 is 2.60 bits per heavy atom. The van der Waals surface area contributed by atoms with Gasteiger partial charge in [-0.2, -0.15) is 4.98 Å². The highest BCUT2D eigenvalue weighted by Crippen LogP contribution is 2.37. The van der Waals surface area contributed by atoms with Gasteiger partial charge in [0, 0.05) is 25.8 Å². The van der Waals surface area contributed by atoms with Crippen molar-refractivity contribution in [2.24, 2.45) is 0 Å². The monoisotopic (exact) mass is 470 g/mol. The molecule has 0 fully saturated rings. The van der Waals surface area contributed by atoms with Gasteiger partial charge < -0.3 is 29.9 Å². The van der Waals surface area contributed by atoms with Crippen molar-refractivity contribution in [3.8, 4) is 17.1 Å². The number of amides is 2. The highest BCUT2D eigenvalue weighted by atomic mass is 16.5. The number of aromatic nitrogens is 3. The van der Waals surface area contributed by atoms with Crippen LogP contribution in [-0.2, 0) is 16.1 Å². The largest absolute Gasteiger partial charge is 0.494 e. The van der Waals surface area contributed by atoms with Crippen molar-refractivity contribution < 1.29 is 23.6 Å². The number of carbonyl (C=O) groups excluding carboxylic acids is 2. The molecule has 0 atom stereocenters. The van der Waals surface area contributed by atoms with Gasteiger partial charge in [0.2, 0.25) is 11.7 Å². The maximum atomic E-state index is 12.8. The average Bonchev–Trinajstić information content (AvgIpc) is 3.26. The number of anilines is 3. The number of hydrogen-bond acceptors (Lipinski definition) is 9. The van der Waals surface area contributed by atoms with Crippen LogP contribution < -0.4 is 20.7 Å². The molecule has 0 spiro atoms. The Bertz CT molecular complexity index is 1210. The van der Waals surface area contributed by atoms with Crippen molar-refractivity contribution in [3.63, 3.8) is 0 Å². The summed E-state index contributed by atoms with van der Waals surface area (Å²) < 4.78 is 15.8. The lowest BCUT2D eigenvalue weighted by molar-refractivity contribution is -0.115. The summed E-state index contributed by atoms with van der Waals surface area (Å²) in [7, 11) is 19.5. The van der Waals surface area contributed by atoms with Crippen LogP contribution in [0.1, 0.15) is 29.6 Å². The predicted octanol–water partition coefficient (Wildman–Crippen LogP) is 1.23. The molecule has 0 aliphatic carbocycles. The van der Waals surface area contributed by atoms with E-state index in [1.807, 2.05) is 0 Å². The summed E-state index contributed by atoms with van der Waals surface area (Å²) in [6, 6.07) is 6.66. The number of pyridine rings is 1. The van der Waals surface area contributed by atoms with Crippen molar-refractivity contribution in [2.45, 2.75) is 25.2 Å². The molecular formula is C21H21B3N6O5. The standard InChI is InChI=1S/C21H21B3N6O5/c1-4-16(31)27-15-8-14(12(9-25-15)20(32)29-21(22,23)24)26-13-7-5-6-11(18(13)34-3)19-28-17(10-33-2)35-30-19/h5-9H,4,10H2,1-3H3,(H,29,32)(H2,25,26,27,31). The Labute approximate surface area is 206 Å². The van der Waals surface area contributed by atoms with Gasteiger partial charge in [-0.1, -0.05) is 23.4 Å². The zero-order valence-electron chi connectivity index (χ0n) is 19.4. The summed E-state index contributed by atoms with van der Waals surface area (Å²) in [6.45, 7) is 1.85. The van der Waals surface area contributed by atoms with Gasteiger partial charge in [0.15, 0.2) is 5.75 Å². The lowest BCUT2D eigenvalue weighted by Gasteiger charge is -2.23. The number of hydrogen-bond donors (Lipinski definition) is 3. The van der Waals surface area contributed by atoms with E-state index in [0.29, 0.717) is 22.9 Å². The van der Waals surface area contributed by atoms with Crippen molar-refractivity contribution in [3.05, 3.63) is 41.9 Å². The van der Waals surface area contributed by atoms with E-state index >= 15 is 0 Å². The highest BCUT2D eigenvalue weighted by molar-refractivity contribution is 6.60. The van der Waals surface area contributed by atoms with Crippen LogP contribution >= 0.6 is 0 Å². The Kier molecular flexibility index (Phi) is 8.18. The Morgan fingerprint density at radius 2 is 1.94 bits per heavy atom. The van der Waals surface area contributed by atoms with E-state index in [1.165, 1.54) is 26.5 Å². The Hall–Kier alpha value is -3.80. The second-order valence-electron chi connectivity index (χ2n) is 7.36. The molecule has 3 aromatic rings. The fraction of sp³-hybridized carbons (Fsp3) is 0.286. The third-order valence-corrected chi connectivity index (χ3v) is 4.53. The Morgan fingerprint density at radius 1 is 1.17 bits per heavy atom. The zero-order valence-corrected chi connectivity index (χ0v) is 19.4. The van der Waals surface area contributed by atoms with Crippen LogP contribution in [0, 0.1) is 0 Å². The average molecular weight is 470 g/mol. The van der Waals surface area contributed by atoms with Gasteiger partial charge >= 0.3 is 0 Å². The lowest BCUT2D eigenvalue weighted by Crippen LogP contribution is -2.50. The fourth-order valence-corrected chi connectivity index (χ4v) is 3.03. The van der Waals surface area contributed by atoms with Crippen molar-refractivity contribution in [1.29, 1.82) is 0 Å². The van der Waals surface area contributed by atoms with Crippen LogP contribution in [0.3, 0.4) is 0 Å². The van der Waals surface area contributed by atoms with Crippen molar-refractivity contribution in [1.82, 2.24) is 20.4 Å². The van der Waals surface area contributed by atoms with E-state index in [9.17, 15) is 9.59 Å². The van der Waals surface area contributed by atoms with Crippen molar-refractivity contribution >= 4 is 52.5 Å². The van der Waals surface area contributed by atoms with E-state index in [4.69, 9.17) is 37.5 Å². The van der Waals surface area contributed by atoms with Crippen LogP contribution in [0.2, 0.25) is 0 Å². The van der Waals surface area contributed by atoms with E-state index in [1.54, 1.807) is 25.1 Å². The van der Waals surface area contributed by atoms with Gasteiger partial charge in [-0.05, 0) is 12.1 Å². The van der Waals surface area contributed by atoms with E-state index in [-0.39, 0.29) is 41.8 Å². The number of methoxy groups -OCH3 is 2. The normalized spacial score (nSPS) is 11.1. The van der Waals surface area contributed by atoms with Crippen LogP contribution in [0.25, 0.3) is 11.4 Å². The predicted molar refractivity (Wildman–Crippen MR) is 131 cm³/mol. The first-order chi connectivity index (χ1) is 16.6. The molecule has 0 aliphatic rings. The summed E-state index contributed by atoms with van der Waals surface area (Å²) in [4.78, 5) is 33.0. The molecule has 2 heterocycles. The summed E-state index contributed by atoms with van der Waals surface area (Å²) in [5.41, 5.74) is 1.29. The molecule has 0 saturated heterocycles. The first-order valence-corrected chi connectivity index (χ1v) is 10.4. The number of nitrogens with one attached hydrogen (secondary N) is 3. The minimum atomic E-state index is -1.96. The molecule has 3 rings (SSSR count). The molecule has 2 aromatic heterocycles.